The summed E-state index contributed by atoms with van der Waals surface area (Å²) in [6.07, 6.45) is 5.23. The number of piperidine rings is 1. The lowest BCUT2D eigenvalue weighted by Gasteiger charge is -2.34. The van der Waals surface area contributed by atoms with Crippen molar-refractivity contribution in [2.24, 2.45) is 5.92 Å². The van der Waals surface area contributed by atoms with Crippen LogP contribution in [0.3, 0.4) is 0 Å². The van der Waals surface area contributed by atoms with E-state index in [1.54, 1.807) is 19.2 Å². The van der Waals surface area contributed by atoms with E-state index in [-0.39, 0.29) is 23.6 Å². The summed E-state index contributed by atoms with van der Waals surface area (Å²) in [5.41, 5.74) is 0.623. The number of likely N-dealkylation sites (tertiary alicyclic amines) is 1. The topological polar surface area (TPSA) is 29.5 Å². The van der Waals surface area contributed by atoms with Crippen molar-refractivity contribution in [3.8, 4) is 0 Å². The van der Waals surface area contributed by atoms with Gasteiger partial charge in [-0.05, 0) is 62.0 Å². The second-order valence-electron chi connectivity index (χ2n) is 6.50. The Morgan fingerprint density at radius 3 is 2.62 bits per heavy atom. The molecule has 0 N–H and O–H groups in total. The maximum absolute atomic E-state index is 13.0. The predicted octanol–water partition coefficient (Wildman–Crippen LogP) is 3.75. The highest BCUT2D eigenvalue weighted by molar-refractivity contribution is 8.03. The molecule has 2 aliphatic rings. The maximum Gasteiger partial charge on any atom is 0.166 e. The monoisotopic (exact) mass is 349 g/mol. The Labute approximate surface area is 147 Å². The third-order valence-corrected chi connectivity index (χ3v) is 6.16. The molecular weight excluding hydrogens is 325 g/mol. The number of methoxy groups -OCH3 is 1. The van der Waals surface area contributed by atoms with Crippen LogP contribution < -0.4 is 0 Å². The highest BCUT2D eigenvalue weighted by Gasteiger charge is 2.29. The number of Topliss-reactive ketones (excluding diaryl/α,β-unsaturated/α-hetero) is 1. The first-order valence-corrected chi connectivity index (χ1v) is 9.47. The lowest BCUT2D eigenvalue weighted by atomic mass is 9.88. The van der Waals surface area contributed by atoms with Gasteiger partial charge in [0.15, 0.2) is 5.78 Å². The fourth-order valence-corrected chi connectivity index (χ4v) is 4.49. The van der Waals surface area contributed by atoms with Crippen molar-refractivity contribution in [3.63, 3.8) is 0 Å². The average Bonchev–Trinajstić information content (AvgIpc) is 3.15. The van der Waals surface area contributed by atoms with Crippen LogP contribution in [0.4, 0.5) is 4.39 Å². The van der Waals surface area contributed by atoms with Crippen molar-refractivity contribution in [3.05, 3.63) is 47.1 Å². The Kier molecular flexibility index (Phi) is 6.09. The van der Waals surface area contributed by atoms with E-state index in [1.165, 1.54) is 12.1 Å². The van der Waals surface area contributed by atoms with Gasteiger partial charge in [0.05, 0.1) is 6.10 Å². The molecule has 2 atom stereocenters. The fraction of sp³-hybridized carbons (Fsp3) is 0.526. The number of nitrogens with zero attached hydrogens (tertiary/aromatic N) is 1. The zero-order valence-corrected chi connectivity index (χ0v) is 14.8. The number of rotatable bonds is 6. The van der Waals surface area contributed by atoms with Crippen LogP contribution >= 0.6 is 11.8 Å². The Hall–Kier alpha value is -1.17. The van der Waals surface area contributed by atoms with Gasteiger partial charge in [-0.3, -0.25) is 4.79 Å². The van der Waals surface area contributed by atoms with E-state index in [4.69, 9.17) is 4.74 Å². The zero-order valence-electron chi connectivity index (χ0n) is 14.0. The maximum atomic E-state index is 13.0. The van der Waals surface area contributed by atoms with Gasteiger partial charge in [-0.1, -0.05) is 6.08 Å². The summed E-state index contributed by atoms with van der Waals surface area (Å²) < 4.78 is 18.7. The highest BCUT2D eigenvalue weighted by atomic mass is 32.2. The summed E-state index contributed by atoms with van der Waals surface area (Å²) in [5, 5.41) is 2.66. The summed E-state index contributed by atoms with van der Waals surface area (Å²) in [6.45, 7) is 2.76. The van der Waals surface area contributed by atoms with E-state index in [1.807, 2.05) is 11.8 Å². The molecule has 130 valence electrons. The Balaban J connectivity index is 1.50. The SMILES string of the molecule is COC(CN1CCC(C(=O)c2ccc(F)cc2)CC1)C1CC=CS1. The van der Waals surface area contributed by atoms with Crippen LogP contribution in [0.2, 0.25) is 0 Å². The minimum Gasteiger partial charge on any atom is -0.379 e. The van der Waals surface area contributed by atoms with E-state index in [0.717, 1.165) is 38.9 Å². The van der Waals surface area contributed by atoms with Gasteiger partial charge >= 0.3 is 0 Å². The van der Waals surface area contributed by atoms with Gasteiger partial charge in [-0.25, -0.2) is 4.39 Å². The molecule has 0 amide bonds. The number of allylic oxidation sites excluding steroid dienone is 1. The molecule has 1 fully saturated rings. The van der Waals surface area contributed by atoms with Crippen molar-refractivity contribution >= 4 is 17.5 Å². The molecule has 5 heteroatoms. The molecule has 0 bridgehead atoms. The average molecular weight is 349 g/mol. The Morgan fingerprint density at radius 1 is 1.33 bits per heavy atom. The minimum atomic E-state index is -0.300. The van der Waals surface area contributed by atoms with Crippen molar-refractivity contribution in [1.82, 2.24) is 4.90 Å². The van der Waals surface area contributed by atoms with Gasteiger partial charge in [0.25, 0.3) is 0 Å². The molecule has 3 nitrogen and oxygen atoms in total. The van der Waals surface area contributed by atoms with Crippen molar-refractivity contribution in [2.45, 2.75) is 30.6 Å². The van der Waals surface area contributed by atoms with Crippen molar-refractivity contribution < 1.29 is 13.9 Å². The van der Waals surface area contributed by atoms with Crippen LogP contribution in [0.5, 0.6) is 0 Å². The van der Waals surface area contributed by atoms with Crippen LogP contribution in [0.15, 0.2) is 35.7 Å². The van der Waals surface area contributed by atoms with Crippen molar-refractivity contribution in [1.29, 1.82) is 0 Å². The number of halogens is 1. The molecule has 1 saturated heterocycles. The number of thioether (sulfide) groups is 1. The Morgan fingerprint density at radius 2 is 2.04 bits per heavy atom. The largest absolute Gasteiger partial charge is 0.379 e. The third kappa shape index (κ3) is 4.26. The number of ketones is 1. The van der Waals surface area contributed by atoms with Gasteiger partial charge in [0.1, 0.15) is 5.82 Å². The molecule has 1 aromatic rings. The standard InChI is InChI=1S/C19H24FNO2S/c1-23-17(18-3-2-12-24-18)13-21-10-8-15(9-11-21)19(22)14-4-6-16(20)7-5-14/h2,4-7,12,15,17-18H,3,8-11,13H2,1H3. The summed E-state index contributed by atoms with van der Waals surface area (Å²) in [5.74, 6) is -0.102. The van der Waals surface area contributed by atoms with Gasteiger partial charge in [-0.2, -0.15) is 0 Å². The molecule has 2 unspecified atom stereocenters. The number of carbonyl (C=O) groups is 1. The number of benzene rings is 1. The summed E-state index contributed by atoms with van der Waals surface area (Å²) in [4.78, 5) is 14.9. The molecule has 1 aromatic carbocycles. The molecule has 0 spiro atoms. The van der Waals surface area contributed by atoms with Gasteiger partial charge < -0.3 is 9.64 Å². The number of carbonyl (C=O) groups excluding carboxylic acids is 1. The quantitative estimate of drug-likeness (QED) is 0.732. The third-order valence-electron chi connectivity index (χ3n) is 4.96. The van der Waals surface area contributed by atoms with Crippen LogP contribution in [0.1, 0.15) is 29.6 Å². The molecule has 24 heavy (non-hydrogen) atoms. The number of hydrogen-bond donors (Lipinski definition) is 0. The second kappa shape index (κ2) is 8.28. The lowest BCUT2D eigenvalue weighted by Crippen LogP contribution is -2.43. The summed E-state index contributed by atoms with van der Waals surface area (Å²) in [7, 11) is 1.79. The molecule has 0 aromatic heterocycles. The molecule has 2 aliphatic heterocycles. The first kappa shape index (κ1) is 17.6. The van der Waals surface area contributed by atoms with E-state index in [2.05, 4.69) is 16.4 Å². The minimum absolute atomic E-state index is 0.0511. The molecular formula is C19H24FNO2S. The van der Waals surface area contributed by atoms with Crippen LogP contribution in [-0.2, 0) is 4.74 Å². The van der Waals surface area contributed by atoms with Gasteiger partial charge in [0, 0.05) is 30.4 Å². The first-order valence-electron chi connectivity index (χ1n) is 8.53. The smallest absolute Gasteiger partial charge is 0.166 e. The van der Waals surface area contributed by atoms with E-state index < -0.39 is 0 Å². The molecule has 0 radical (unpaired) electrons. The first-order chi connectivity index (χ1) is 11.7. The molecule has 3 rings (SSSR count). The van der Waals surface area contributed by atoms with E-state index >= 15 is 0 Å². The lowest BCUT2D eigenvalue weighted by molar-refractivity contribution is 0.0486. The normalized spacial score (nSPS) is 23.5. The van der Waals surface area contributed by atoms with E-state index in [0.29, 0.717) is 10.8 Å². The van der Waals surface area contributed by atoms with Crippen LogP contribution in [0, 0.1) is 11.7 Å². The fourth-order valence-electron chi connectivity index (χ4n) is 3.47. The number of ether oxygens (including phenoxy) is 1. The molecule has 2 heterocycles. The summed E-state index contributed by atoms with van der Waals surface area (Å²) >= 11 is 1.85. The second-order valence-corrected chi connectivity index (χ2v) is 7.65. The van der Waals surface area contributed by atoms with Crippen molar-refractivity contribution in [2.75, 3.05) is 26.7 Å². The predicted molar refractivity (Wildman–Crippen MR) is 95.8 cm³/mol. The number of hydrogen-bond acceptors (Lipinski definition) is 4. The van der Waals surface area contributed by atoms with Gasteiger partial charge in [-0.15, -0.1) is 11.8 Å². The zero-order chi connectivity index (χ0) is 16.9. The Bertz CT molecular complexity index is 574. The van der Waals surface area contributed by atoms with Gasteiger partial charge in [0.2, 0.25) is 0 Å². The van der Waals surface area contributed by atoms with Crippen LogP contribution in [-0.4, -0.2) is 48.8 Å². The highest BCUT2D eigenvalue weighted by Crippen LogP contribution is 2.29. The van der Waals surface area contributed by atoms with Crippen LogP contribution in [0.25, 0.3) is 0 Å². The molecule has 0 aliphatic carbocycles. The summed E-state index contributed by atoms with van der Waals surface area (Å²) in [6, 6.07) is 5.91. The molecule has 0 saturated carbocycles. The van der Waals surface area contributed by atoms with E-state index in [9.17, 15) is 9.18 Å².